The van der Waals surface area contributed by atoms with Crippen molar-refractivity contribution in [1.82, 2.24) is 9.97 Å². The molecule has 0 saturated carbocycles. The van der Waals surface area contributed by atoms with E-state index in [1.54, 1.807) is 0 Å². The van der Waals surface area contributed by atoms with Crippen LogP contribution in [0.15, 0.2) is 134 Å². The first-order valence-electron chi connectivity index (χ1n) is 15.9. The smallest absolute Gasteiger partial charge is 0.0166 e. The van der Waals surface area contributed by atoms with E-state index < -0.39 is 0 Å². The van der Waals surface area contributed by atoms with Gasteiger partial charge in [0.1, 0.15) is 0 Å². The molecule has 237 valence electrons. The van der Waals surface area contributed by atoms with Crippen LogP contribution in [0, 0.1) is 12.1 Å². The van der Waals surface area contributed by atoms with Gasteiger partial charge < -0.3 is 9.97 Å². The Balaban J connectivity index is 0.000000181. The average molecular weight is 789 g/mol. The fourth-order valence-electron chi connectivity index (χ4n) is 5.60. The van der Waals surface area contributed by atoms with Crippen molar-refractivity contribution < 1.29 is 20.1 Å². The molecule has 1 radical (unpaired) electrons. The Morgan fingerprint density at radius 2 is 1.17 bits per heavy atom. The number of pyridine rings is 2. The molecule has 2 nitrogen and oxygen atoms in total. The van der Waals surface area contributed by atoms with Crippen molar-refractivity contribution in [3.8, 4) is 33.6 Å². The SMILES string of the molecule is CC(C)(C)c1cc[c-]c(-c2cc(-c3ccccc3)ccn2)c1.CC(C)(C)c1ccc2c(ccc3c[c-]c(-c4ccccn4)cc32)c1.[Ir]. The summed E-state index contributed by atoms with van der Waals surface area (Å²) in [5, 5.41) is 5.04. The van der Waals surface area contributed by atoms with Gasteiger partial charge in [-0.05, 0) is 61.8 Å². The van der Waals surface area contributed by atoms with Crippen molar-refractivity contribution in [3.05, 3.63) is 157 Å². The van der Waals surface area contributed by atoms with E-state index in [1.165, 1.54) is 43.8 Å². The normalized spacial score (nSPS) is 11.4. The van der Waals surface area contributed by atoms with Gasteiger partial charge in [-0.25, -0.2) is 0 Å². The predicted molar refractivity (Wildman–Crippen MR) is 195 cm³/mol. The molecule has 0 bridgehead atoms. The summed E-state index contributed by atoms with van der Waals surface area (Å²) in [6.45, 7) is 13.4. The van der Waals surface area contributed by atoms with Gasteiger partial charge in [0.05, 0.1) is 0 Å². The molecule has 7 rings (SSSR count). The van der Waals surface area contributed by atoms with E-state index in [2.05, 4.69) is 149 Å². The van der Waals surface area contributed by atoms with Crippen molar-refractivity contribution in [2.24, 2.45) is 0 Å². The molecule has 0 atom stereocenters. The number of aromatic nitrogens is 2. The molecular weight excluding hydrogens is 749 g/mol. The minimum absolute atomic E-state index is 0. The van der Waals surface area contributed by atoms with Gasteiger partial charge in [-0.1, -0.05) is 131 Å². The van der Waals surface area contributed by atoms with Gasteiger partial charge >= 0.3 is 0 Å². The summed E-state index contributed by atoms with van der Waals surface area (Å²) in [5.74, 6) is 0. The van der Waals surface area contributed by atoms with Crippen molar-refractivity contribution in [1.29, 1.82) is 0 Å². The first-order valence-corrected chi connectivity index (χ1v) is 15.9. The maximum absolute atomic E-state index is 4.53. The first kappa shape index (κ1) is 33.9. The van der Waals surface area contributed by atoms with Crippen LogP contribution in [0.3, 0.4) is 0 Å². The van der Waals surface area contributed by atoms with E-state index in [-0.39, 0.29) is 30.9 Å². The molecule has 0 spiro atoms. The van der Waals surface area contributed by atoms with Crippen LogP contribution in [0.5, 0.6) is 0 Å². The van der Waals surface area contributed by atoms with Gasteiger partial charge in [-0.15, -0.1) is 59.2 Å². The van der Waals surface area contributed by atoms with E-state index in [1.807, 2.05) is 48.8 Å². The number of rotatable bonds is 3. The molecule has 47 heavy (non-hydrogen) atoms. The third kappa shape index (κ3) is 7.93. The minimum Gasteiger partial charge on any atom is -0.305 e. The second kappa shape index (κ2) is 14.1. The predicted octanol–water partition coefficient (Wildman–Crippen LogP) is 11.7. The van der Waals surface area contributed by atoms with Crippen LogP contribution in [0.1, 0.15) is 52.7 Å². The standard InChI is InChI=1S/C23H20N.C21H20N.Ir/c1-23(2,3)19-11-12-20-17(14-19)9-7-16-8-10-18(15-21(16)20)22-6-4-5-13-24-22;1-21(2,3)19-11-7-10-18(14-19)20-15-17(12-13-22-20)16-8-5-4-6-9-16;/h4-9,11-15H,1-3H3;4-9,11-15H,1-3H3;/q2*-1;. The Morgan fingerprint density at radius 3 is 1.89 bits per heavy atom. The fraction of sp³-hybridized carbons (Fsp3) is 0.182. The molecule has 0 aliphatic rings. The Morgan fingerprint density at radius 1 is 0.489 bits per heavy atom. The quantitative estimate of drug-likeness (QED) is 0.132. The molecule has 2 heterocycles. The summed E-state index contributed by atoms with van der Waals surface area (Å²) in [6.07, 6.45) is 3.70. The van der Waals surface area contributed by atoms with E-state index in [9.17, 15) is 0 Å². The first-order chi connectivity index (χ1) is 22.1. The number of hydrogen-bond donors (Lipinski definition) is 0. The molecule has 0 saturated heterocycles. The molecule has 5 aromatic carbocycles. The van der Waals surface area contributed by atoms with E-state index in [4.69, 9.17) is 0 Å². The van der Waals surface area contributed by atoms with Gasteiger partial charge in [-0.2, -0.15) is 0 Å². The fourth-order valence-corrected chi connectivity index (χ4v) is 5.60. The summed E-state index contributed by atoms with van der Waals surface area (Å²) >= 11 is 0. The van der Waals surface area contributed by atoms with Gasteiger partial charge in [-0.3, -0.25) is 0 Å². The molecule has 2 aromatic heterocycles. The van der Waals surface area contributed by atoms with Crippen LogP contribution in [0.2, 0.25) is 0 Å². The monoisotopic (exact) mass is 789 g/mol. The maximum Gasteiger partial charge on any atom is 0.0166 e. The molecular formula is C44H40IrN2-2. The van der Waals surface area contributed by atoms with Crippen LogP contribution in [0.25, 0.3) is 55.2 Å². The Labute approximate surface area is 293 Å². The maximum atomic E-state index is 4.53. The molecule has 7 aromatic rings. The van der Waals surface area contributed by atoms with E-state index in [0.29, 0.717) is 0 Å². The number of benzene rings is 5. The minimum atomic E-state index is 0. The topological polar surface area (TPSA) is 25.8 Å². The molecule has 0 amide bonds. The second-order valence-electron chi connectivity index (χ2n) is 13.9. The van der Waals surface area contributed by atoms with Crippen LogP contribution in [-0.2, 0) is 30.9 Å². The van der Waals surface area contributed by atoms with E-state index in [0.717, 1.165) is 22.5 Å². The number of hydrogen-bond acceptors (Lipinski definition) is 2. The number of nitrogens with zero attached hydrogens (tertiary/aromatic N) is 2. The zero-order chi connectivity index (χ0) is 32.3. The Hall–Kier alpha value is -4.43. The summed E-state index contributed by atoms with van der Waals surface area (Å²) in [4.78, 5) is 8.98. The van der Waals surface area contributed by atoms with Gasteiger partial charge in [0, 0.05) is 32.5 Å². The van der Waals surface area contributed by atoms with Crippen LogP contribution < -0.4 is 0 Å². The summed E-state index contributed by atoms with van der Waals surface area (Å²) in [7, 11) is 0. The van der Waals surface area contributed by atoms with Crippen LogP contribution >= 0.6 is 0 Å². The van der Waals surface area contributed by atoms with Crippen molar-refractivity contribution in [2.75, 3.05) is 0 Å². The summed E-state index contributed by atoms with van der Waals surface area (Å²) in [5.41, 5.74) is 9.34. The molecule has 0 aliphatic carbocycles. The number of fused-ring (bicyclic) bond motifs is 3. The summed E-state index contributed by atoms with van der Waals surface area (Å²) in [6, 6.07) is 49.0. The molecule has 0 unspecified atom stereocenters. The van der Waals surface area contributed by atoms with Crippen LogP contribution in [-0.4, -0.2) is 9.97 Å². The van der Waals surface area contributed by atoms with E-state index >= 15 is 0 Å². The van der Waals surface area contributed by atoms with Gasteiger partial charge in [0.15, 0.2) is 0 Å². The Kier molecular flexibility index (Phi) is 10.2. The third-order valence-electron chi connectivity index (χ3n) is 8.38. The molecule has 0 fully saturated rings. The zero-order valence-electron chi connectivity index (χ0n) is 27.9. The largest absolute Gasteiger partial charge is 0.305 e. The third-order valence-corrected chi connectivity index (χ3v) is 8.38. The molecule has 0 N–H and O–H groups in total. The Bertz CT molecular complexity index is 2100. The zero-order valence-corrected chi connectivity index (χ0v) is 30.3. The second-order valence-corrected chi connectivity index (χ2v) is 13.9. The van der Waals surface area contributed by atoms with Crippen LogP contribution in [0.4, 0.5) is 0 Å². The van der Waals surface area contributed by atoms with Gasteiger partial charge in [0.2, 0.25) is 0 Å². The average Bonchev–Trinajstić information content (AvgIpc) is 3.08. The van der Waals surface area contributed by atoms with Crippen molar-refractivity contribution >= 4 is 21.5 Å². The van der Waals surface area contributed by atoms with Gasteiger partial charge in [0.25, 0.3) is 0 Å². The van der Waals surface area contributed by atoms with Crippen molar-refractivity contribution in [3.63, 3.8) is 0 Å². The van der Waals surface area contributed by atoms with Crippen molar-refractivity contribution in [2.45, 2.75) is 52.4 Å². The molecule has 3 heteroatoms. The molecule has 0 aliphatic heterocycles. The summed E-state index contributed by atoms with van der Waals surface area (Å²) < 4.78 is 0.